The maximum Gasteiger partial charge on any atom is 0.250 e. The van der Waals surface area contributed by atoms with Crippen molar-refractivity contribution in [3.63, 3.8) is 0 Å². The first-order valence-electron chi connectivity index (χ1n) is 8.97. The number of aromatic nitrogens is 1. The minimum absolute atomic E-state index is 0.102. The molecule has 0 aromatic carbocycles. The first-order chi connectivity index (χ1) is 12.6. The van der Waals surface area contributed by atoms with E-state index < -0.39 is 0 Å². The molecule has 1 aromatic rings. The third-order valence-corrected chi connectivity index (χ3v) is 5.30. The highest BCUT2D eigenvalue weighted by molar-refractivity contribution is 7.80. The van der Waals surface area contributed by atoms with Crippen molar-refractivity contribution < 1.29 is 9.47 Å². The SMILES string of the molecule is C#CCO[C@@H](C)OCCNC(=S)N1C[C@@H]2C[C@@H](C1)c1cccc(=O)n1C2. The molecule has 2 bridgehead atoms. The van der Waals surface area contributed by atoms with Gasteiger partial charge in [-0.1, -0.05) is 12.0 Å². The highest BCUT2D eigenvalue weighted by Gasteiger charge is 2.35. The summed E-state index contributed by atoms with van der Waals surface area (Å²) in [6, 6.07) is 5.56. The second-order valence-electron chi connectivity index (χ2n) is 6.79. The summed E-state index contributed by atoms with van der Waals surface area (Å²) >= 11 is 5.56. The molecule has 1 aromatic heterocycles. The molecule has 7 heteroatoms. The lowest BCUT2D eigenvalue weighted by molar-refractivity contribution is -0.119. The van der Waals surface area contributed by atoms with Crippen LogP contribution in [0.2, 0.25) is 0 Å². The number of nitrogens with zero attached hydrogens (tertiary/aromatic N) is 2. The van der Waals surface area contributed by atoms with E-state index in [0.717, 1.165) is 36.9 Å². The van der Waals surface area contributed by atoms with Crippen molar-refractivity contribution in [1.29, 1.82) is 0 Å². The molecule has 1 saturated heterocycles. The Morgan fingerprint density at radius 1 is 1.42 bits per heavy atom. The van der Waals surface area contributed by atoms with E-state index >= 15 is 0 Å². The van der Waals surface area contributed by atoms with Gasteiger partial charge in [0.05, 0.1) is 6.61 Å². The van der Waals surface area contributed by atoms with E-state index in [-0.39, 0.29) is 18.5 Å². The number of terminal acetylenes is 1. The van der Waals surface area contributed by atoms with Crippen molar-refractivity contribution in [2.75, 3.05) is 32.8 Å². The van der Waals surface area contributed by atoms with Gasteiger partial charge in [-0.25, -0.2) is 0 Å². The van der Waals surface area contributed by atoms with E-state index in [1.165, 1.54) is 0 Å². The zero-order valence-corrected chi connectivity index (χ0v) is 15.8. The summed E-state index contributed by atoms with van der Waals surface area (Å²) in [6.45, 7) is 5.67. The molecule has 0 amide bonds. The summed E-state index contributed by atoms with van der Waals surface area (Å²) < 4.78 is 12.7. The average Bonchev–Trinajstić information content (AvgIpc) is 2.64. The summed E-state index contributed by atoms with van der Waals surface area (Å²) in [5.41, 5.74) is 1.23. The summed E-state index contributed by atoms with van der Waals surface area (Å²) in [6.07, 6.45) is 5.94. The Labute approximate surface area is 159 Å². The van der Waals surface area contributed by atoms with Crippen LogP contribution in [0.15, 0.2) is 23.0 Å². The average molecular weight is 375 g/mol. The van der Waals surface area contributed by atoms with Gasteiger partial charge in [-0.2, -0.15) is 0 Å². The van der Waals surface area contributed by atoms with Crippen LogP contribution in [-0.2, 0) is 16.0 Å². The molecule has 2 aliphatic heterocycles. The summed E-state index contributed by atoms with van der Waals surface area (Å²) in [5, 5.41) is 4.00. The highest BCUT2D eigenvalue weighted by atomic mass is 32.1. The van der Waals surface area contributed by atoms with Crippen molar-refractivity contribution in [2.24, 2.45) is 5.92 Å². The fraction of sp³-hybridized carbons (Fsp3) is 0.579. The maximum absolute atomic E-state index is 12.1. The summed E-state index contributed by atoms with van der Waals surface area (Å²) in [5.74, 6) is 3.22. The summed E-state index contributed by atoms with van der Waals surface area (Å²) in [4.78, 5) is 14.3. The zero-order chi connectivity index (χ0) is 18.5. The number of likely N-dealkylation sites (tertiary alicyclic amines) is 1. The number of hydrogen-bond donors (Lipinski definition) is 1. The van der Waals surface area contributed by atoms with Crippen molar-refractivity contribution in [1.82, 2.24) is 14.8 Å². The van der Waals surface area contributed by atoms with Crippen molar-refractivity contribution in [3.05, 3.63) is 34.2 Å². The Balaban J connectivity index is 1.49. The van der Waals surface area contributed by atoms with Crippen LogP contribution in [0.5, 0.6) is 0 Å². The molecule has 140 valence electrons. The van der Waals surface area contributed by atoms with E-state index in [0.29, 0.717) is 25.0 Å². The normalized spacial score (nSPS) is 22.2. The van der Waals surface area contributed by atoms with Gasteiger partial charge >= 0.3 is 0 Å². The van der Waals surface area contributed by atoms with Gasteiger partial charge in [0.1, 0.15) is 6.61 Å². The lowest BCUT2D eigenvalue weighted by Gasteiger charge is -2.43. The molecule has 0 unspecified atom stereocenters. The molecule has 0 aliphatic carbocycles. The van der Waals surface area contributed by atoms with E-state index in [2.05, 4.69) is 22.2 Å². The molecule has 2 aliphatic rings. The van der Waals surface area contributed by atoms with Gasteiger partial charge in [0.25, 0.3) is 5.56 Å². The quantitative estimate of drug-likeness (QED) is 0.348. The van der Waals surface area contributed by atoms with Crippen LogP contribution in [0.4, 0.5) is 0 Å². The van der Waals surface area contributed by atoms with Gasteiger partial charge in [-0.3, -0.25) is 4.79 Å². The Morgan fingerprint density at radius 2 is 2.27 bits per heavy atom. The first-order valence-corrected chi connectivity index (χ1v) is 9.38. The van der Waals surface area contributed by atoms with Gasteiger partial charge in [0.15, 0.2) is 11.4 Å². The topological polar surface area (TPSA) is 55.7 Å². The van der Waals surface area contributed by atoms with E-state index in [1.807, 2.05) is 17.6 Å². The molecule has 0 saturated carbocycles. The number of rotatable bonds is 6. The third-order valence-electron chi connectivity index (χ3n) is 4.90. The van der Waals surface area contributed by atoms with Crippen molar-refractivity contribution >= 4 is 17.3 Å². The zero-order valence-electron chi connectivity index (χ0n) is 15.0. The number of nitrogens with one attached hydrogen (secondary N) is 1. The number of fused-ring (bicyclic) bond motifs is 4. The van der Waals surface area contributed by atoms with Crippen LogP contribution in [0, 0.1) is 18.3 Å². The predicted octanol–water partition coefficient (Wildman–Crippen LogP) is 1.15. The molecule has 1 fully saturated rings. The summed E-state index contributed by atoms with van der Waals surface area (Å²) in [7, 11) is 0. The van der Waals surface area contributed by atoms with Gasteiger partial charge in [0.2, 0.25) is 0 Å². The Bertz CT molecular complexity index is 742. The fourth-order valence-electron chi connectivity index (χ4n) is 3.77. The second-order valence-corrected chi connectivity index (χ2v) is 7.18. The van der Waals surface area contributed by atoms with Gasteiger partial charge in [0, 0.05) is 43.9 Å². The predicted molar refractivity (Wildman–Crippen MR) is 104 cm³/mol. The van der Waals surface area contributed by atoms with E-state index in [1.54, 1.807) is 6.07 Å². The third kappa shape index (κ3) is 4.44. The molecule has 26 heavy (non-hydrogen) atoms. The number of hydrogen-bond acceptors (Lipinski definition) is 4. The lowest BCUT2D eigenvalue weighted by Crippen LogP contribution is -2.52. The number of thiocarbonyl (C=S) groups is 1. The Kier molecular flexibility index (Phi) is 6.30. The van der Waals surface area contributed by atoms with Crippen LogP contribution in [0.1, 0.15) is 25.0 Å². The molecule has 3 atom stereocenters. The van der Waals surface area contributed by atoms with Gasteiger partial charge in [-0.05, 0) is 37.5 Å². The smallest absolute Gasteiger partial charge is 0.250 e. The maximum atomic E-state index is 12.1. The fourth-order valence-corrected chi connectivity index (χ4v) is 4.02. The number of ether oxygens (including phenoxy) is 2. The lowest BCUT2D eigenvalue weighted by atomic mass is 9.83. The van der Waals surface area contributed by atoms with Gasteiger partial charge < -0.3 is 24.3 Å². The molecule has 0 radical (unpaired) electrons. The van der Waals surface area contributed by atoms with E-state index in [4.69, 9.17) is 28.1 Å². The first kappa shape index (κ1) is 18.9. The number of pyridine rings is 1. The van der Waals surface area contributed by atoms with Crippen molar-refractivity contribution in [3.8, 4) is 12.3 Å². The minimum atomic E-state index is -0.328. The molecule has 1 N–H and O–H groups in total. The molecule has 6 nitrogen and oxygen atoms in total. The van der Waals surface area contributed by atoms with Crippen LogP contribution in [0.25, 0.3) is 0 Å². The van der Waals surface area contributed by atoms with Crippen molar-refractivity contribution in [2.45, 2.75) is 32.1 Å². The molecule has 3 heterocycles. The largest absolute Gasteiger partial charge is 0.360 e. The van der Waals surface area contributed by atoms with Crippen LogP contribution >= 0.6 is 12.2 Å². The van der Waals surface area contributed by atoms with E-state index in [9.17, 15) is 4.79 Å². The number of piperidine rings is 1. The molecular weight excluding hydrogens is 350 g/mol. The monoisotopic (exact) mass is 375 g/mol. The van der Waals surface area contributed by atoms with Crippen LogP contribution in [0.3, 0.4) is 0 Å². The van der Waals surface area contributed by atoms with Gasteiger partial charge in [-0.15, -0.1) is 6.42 Å². The molecule has 3 rings (SSSR count). The standard InChI is InChI=1S/C19H25N3O3S/c1-3-8-24-14(2)25-9-7-20-19(26)21-11-15-10-16(13-21)17-5-4-6-18(23)22(17)12-15/h1,4-6,14-16H,7-13H2,2H3,(H,20,26)/t14-,15+,16+/m1/s1. The Hall–Kier alpha value is -1.88. The Morgan fingerprint density at radius 3 is 3.08 bits per heavy atom. The van der Waals surface area contributed by atoms with Crippen LogP contribution < -0.4 is 10.9 Å². The molecular formula is C19H25N3O3S. The highest BCUT2D eigenvalue weighted by Crippen LogP contribution is 2.34. The minimum Gasteiger partial charge on any atom is -0.360 e. The second kappa shape index (κ2) is 8.67. The van der Waals surface area contributed by atoms with Crippen LogP contribution in [-0.4, -0.2) is 53.7 Å². The molecule has 0 spiro atoms.